The molecule has 2 aromatic rings. The minimum absolute atomic E-state index is 0.0704. The quantitative estimate of drug-likeness (QED) is 0.777. The number of thiazole rings is 1. The third kappa shape index (κ3) is 3.96. The van der Waals surface area contributed by atoms with E-state index in [0.29, 0.717) is 36.8 Å². The van der Waals surface area contributed by atoms with E-state index in [1.54, 1.807) is 12.4 Å². The van der Waals surface area contributed by atoms with Crippen molar-refractivity contribution in [2.75, 3.05) is 26.3 Å². The lowest BCUT2D eigenvalue weighted by atomic mass is 10.1. The van der Waals surface area contributed by atoms with E-state index in [1.165, 1.54) is 33.8 Å². The molecular weight excluding hydrogens is 376 g/mol. The summed E-state index contributed by atoms with van der Waals surface area (Å²) in [5.74, 6) is -0.295. The maximum absolute atomic E-state index is 12.9. The average molecular weight is 396 g/mol. The van der Waals surface area contributed by atoms with Crippen molar-refractivity contribution in [3.8, 4) is 5.75 Å². The van der Waals surface area contributed by atoms with E-state index in [-0.39, 0.29) is 35.0 Å². The number of carbonyl (C=O) groups excluding carboxylic acids is 1. The number of hydrogen-bond donors (Lipinski definition) is 1. The lowest BCUT2D eigenvalue weighted by Crippen LogP contribution is -2.33. The Hall–Kier alpha value is -1.81. The molecule has 1 saturated heterocycles. The van der Waals surface area contributed by atoms with Gasteiger partial charge in [0.15, 0.2) is 5.78 Å². The first-order chi connectivity index (χ1) is 12.4. The van der Waals surface area contributed by atoms with Crippen molar-refractivity contribution in [2.24, 2.45) is 0 Å². The standard InChI is InChI=1S/C17H20N2O5S2/c1-12-17(25-11-18-12)16(21)10-13-9-14(3-4-15(13)20)26(22,23)19-5-2-7-24-8-6-19/h3-4,9,11,20H,2,5-8,10H2,1H3. The van der Waals surface area contributed by atoms with Crippen molar-refractivity contribution in [1.82, 2.24) is 9.29 Å². The maximum Gasteiger partial charge on any atom is 0.243 e. The Morgan fingerprint density at radius 2 is 2.15 bits per heavy atom. The molecule has 0 amide bonds. The third-order valence-corrected chi connectivity index (χ3v) is 7.08. The largest absolute Gasteiger partial charge is 0.508 e. The number of nitrogens with zero attached hydrogens (tertiary/aromatic N) is 2. The molecule has 0 bridgehead atoms. The molecule has 0 aliphatic carbocycles. The topological polar surface area (TPSA) is 96.8 Å². The van der Waals surface area contributed by atoms with Crippen molar-refractivity contribution in [2.45, 2.75) is 24.7 Å². The predicted molar refractivity (Wildman–Crippen MR) is 97.2 cm³/mol. The molecule has 140 valence electrons. The summed E-state index contributed by atoms with van der Waals surface area (Å²) in [4.78, 5) is 17.1. The smallest absolute Gasteiger partial charge is 0.243 e. The molecule has 0 spiro atoms. The Balaban J connectivity index is 1.87. The second-order valence-corrected chi connectivity index (χ2v) is 8.82. The van der Waals surface area contributed by atoms with Crippen LogP contribution >= 0.6 is 11.3 Å². The van der Waals surface area contributed by atoms with Crippen molar-refractivity contribution in [3.63, 3.8) is 0 Å². The van der Waals surface area contributed by atoms with E-state index in [2.05, 4.69) is 4.98 Å². The van der Waals surface area contributed by atoms with Crippen LogP contribution in [-0.2, 0) is 21.2 Å². The molecule has 1 N–H and O–H groups in total. The van der Waals surface area contributed by atoms with Gasteiger partial charge in [-0.15, -0.1) is 11.3 Å². The summed E-state index contributed by atoms with van der Waals surface area (Å²) in [6, 6.07) is 4.07. The number of phenols is 1. The lowest BCUT2D eigenvalue weighted by Gasteiger charge is -2.20. The van der Waals surface area contributed by atoms with Gasteiger partial charge in [0.1, 0.15) is 5.75 Å². The minimum Gasteiger partial charge on any atom is -0.508 e. The van der Waals surface area contributed by atoms with Gasteiger partial charge >= 0.3 is 0 Å². The first-order valence-corrected chi connectivity index (χ1v) is 10.5. The Kier molecular flexibility index (Phi) is 5.71. The highest BCUT2D eigenvalue weighted by Gasteiger charge is 2.26. The van der Waals surface area contributed by atoms with Crippen LogP contribution in [0, 0.1) is 6.92 Å². The number of hydrogen-bond acceptors (Lipinski definition) is 7. The molecule has 7 nitrogen and oxygen atoms in total. The Bertz CT molecular complexity index is 900. The molecule has 26 heavy (non-hydrogen) atoms. The number of Topliss-reactive ketones (excluding diaryl/α,β-unsaturated/α-hetero) is 1. The summed E-state index contributed by atoms with van der Waals surface area (Å²) in [6.07, 6.45) is 0.550. The molecule has 0 radical (unpaired) electrons. The van der Waals surface area contributed by atoms with E-state index in [9.17, 15) is 18.3 Å². The summed E-state index contributed by atoms with van der Waals surface area (Å²) in [5.41, 5.74) is 2.51. The first-order valence-electron chi connectivity index (χ1n) is 8.22. The predicted octanol–water partition coefficient (Wildman–Crippen LogP) is 1.99. The van der Waals surface area contributed by atoms with Crippen LogP contribution in [0.1, 0.15) is 27.3 Å². The first kappa shape index (κ1) is 19.0. The monoisotopic (exact) mass is 396 g/mol. The lowest BCUT2D eigenvalue weighted by molar-refractivity contribution is 0.0995. The van der Waals surface area contributed by atoms with Crippen molar-refractivity contribution < 1.29 is 23.1 Å². The van der Waals surface area contributed by atoms with Gasteiger partial charge in [0, 0.05) is 31.7 Å². The number of aromatic nitrogens is 1. The molecule has 0 saturated carbocycles. The highest BCUT2D eigenvalue weighted by atomic mass is 32.2. The molecule has 1 aromatic carbocycles. The molecule has 3 rings (SSSR count). The average Bonchev–Trinajstić information content (AvgIpc) is 2.85. The molecule has 2 heterocycles. The molecule has 1 aliphatic heterocycles. The normalized spacial score (nSPS) is 16.3. The number of aromatic hydroxyl groups is 1. The fourth-order valence-electron chi connectivity index (χ4n) is 2.80. The Morgan fingerprint density at radius 1 is 1.35 bits per heavy atom. The van der Waals surface area contributed by atoms with Crippen molar-refractivity contribution >= 4 is 27.1 Å². The minimum atomic E-state index is -3.70. The van der Waals surface area contributed by atoms with Crippen LogP contribution in [0.25, 0.3) is 0 Å². The molecule has 0 atom stereocenters. The zero-order valence-electron chi connectivity index (χ0n) is 14.3. The van der Waals surface area contributed by atoms with Crippen LogP contribution < -0.4 is 0 Å². The molecule has 9 heteroatoms. The molecule has 1 fully saturated rings. The van der Waals surface area contributed by atoms with Gasteiger partial charge in [-0.05, 0) is 31.5 Å². The number of ether oxygens (including phenoxy) is 1. The van der Waals surface area contributed by atoms with Gasteiger partial charge in [-0.2, -0.15) is 4.31 Å². The van der Waals surface area contributed by atoms with Crippen molar-refractivity contribution in [1.29, 1.82) is 0 Å². The zero-order valence-corrected chi connectivity index (χ0v) is 16.0. The van der Waals surface area contributed by atoms with E-state index in [0.717, 1.165) is 0 Å². The summed E-state index contributed by atoms with van der Waals surface area (Å²) in [7, 11) is -3.70. The summed E-state index contributed by atoms with van der Waals surface area (Å²) in [5, 5.41) is 10.1. The van der Waals surface area contributed by atoms with Crippen LogP contribution in [0.15, 0.2) is 28.6 Å². The molecular formula is C17H20N2O5S2. The summed E-state index contributed by atoms with van der Waals surface area (Å²) in [6.45, 7) is 3.31. The molecule has 1 aliphatic rings. The second kappa shape index (κ2) is 7.83. The number of sulfonamides is 1. The molecule has 1 aromatic heterocycles. The van der Waals surface area contributed by atoms with E-state index >= 15 is 0 Å². The second-order valence-electron chi connectivity index (χ2n) is 6.03. The summed E-state index contributed by atoms with van der Waals surface area (Å²) >= 11 is 1.23. The van der Waals surface area contributed by atoms with Crippen LogP contribution in [-0.4, -0.2) is 54.9 Å². The number of ketones is 1. The van der Waals surface area contributed by atoms with Gasteiger partial charge in [-0.1, -0.05) is 0 Å². The number of rotatable bonds is 5. The fourth-order valence-corrected chi connectivity index (χ4v) is 5.06. The van der Waals surface area contributed by atoms with Crippen LogP contribution in [0.3, 0.4) is 0 Å². The van der Waals surface area contributed by atoms with Crippen molar-refractivity contribution in [3.05, 3.63) is 39.8 Å². The van der Waals surface area contributed by atoms with Gasteiger partial charge in [0.2, 0.25) is 10.0 Å². The van der Waals surface area contributed by atoms with E-state index < -0.39 is 10.0 Å². The Labute approximate surface area is 156 Å². The van der Waals surface area contributed by atoms with Crippen LogP contribution in [0.4, 0.5) is 0 Å². The van der Waals surface area contributed by atoms with E-state index in [1.807, 2.05) is 0 Å². The Morgan fingerprint density at radius 3 is 2.88 bits per heavy atom. The summed E-state index contributed by atoms with van der Waals surface area (Å²) < 4.78 is 32.4. The molecule has 0 unspecified atom stereocenters. The van der Waals surface area contributed by atoms with Gasteiger partial charge in [0.25, 0.3) is 0 Å². The van der Waals surface area contributed by atoms with Gasteiger partial charge in [-0.3, -0.25) is 4.79 Å². The van der Waals surface area contributed by atoms with Gasteiger partial charge < -0.3 is 9.84 Å². The zero-order chi connectivity index (χ0) is 18.7. The van der Waals surface area contributed by atoms with Gasteiger partial charge in [0.05, 0.1) is 27.6 Å². The van der Waals surface area contributed by atoms with Crippen LogP contribution in [0.5, 0.6) is 5.75 Å². The van der Waals surface area contributed by atoms with E-state index in [4.69, 9.17) is 4.74 Å². The highest BCUT2D eigenvalue weighted by molar-refractivity contribution is 7.89. The highest BCUT2D eigenvalue weighted by Crippen LogP contribution is 2.26. The number of carbonyl (C=O) groups is 1. The SMILES string of the molecule is Cc1ncsc1C(=O)Cc1cc(S(=O)(=O)N2CCCOCC2)ccc1O. The number of benzene rings is 1. The van der Waals surface area contributed by atoms with Gasteiger partial charge in [-0.25, -0.2) is 13.4 Å². The maximum atomic E-state index is 12.9. The fraction of sp³-hybridized carbons (Fsp3) is 0.412. The number of phenolic OH excluding ortho intramolecular Hbond substituents is 1. The van der Waals surface area contributed by atoms with Crippen LogP contribution in [0.2, 0.25) is 0 Å². The third-order valence-electron chi connectivity index (χ3n) is 4.22. The number of aryl methyl sites for hydroxylation is 1.